The Kier molecular flexibility index (Phi) is 4.34. The van der Waals surface area contributed by atoms with Gasteiger partial charge in [-0.05, 0) is 13.0 Å². The Morgan fingerprint density at radius 3 is 2.17 bits per heavy atom. The van der Waals surface area contributed by atoms with Crippen LogP contribution >= 0.6 is 15.9 Å². The van der Waals surface area contributed by atoms with Gasteiger partial charge in [0.15, 0.2) is 5.90 Å². The normalized spacial score (nSPS) is 21.7. The number of dihydropyridines is 1. The van der Waals surface area contributed by atoms with Crippen LogP contribution in [0.25, 0.3) is 0 Å². The first kappa shape index (κ1) is 15.3. The average Bonchev–Trinajstić information content (AvgIpc) is 2.08. The maximum absolute atomic E-state index is 12.2. The van der Waals surface area contributed by atoms with Crippen LogP contribution in [-0.2, 0) is 4.74 Å². The number of hydrogen-bond acceptors (Lipinski definition) is 2. The van der Waals surface area contributed by atoms with E-state index < -0.39 is 29.3 Å². The van der Waals surface area contributed by atoms with Gasteiger partial charge < -0.3 is 4.74 Å². The van der Waals surface area contributed by atoms with Crippen molar-refractivity contribution in [2.75, 3.05) is 0 Å². The molecule has 0 aromatic carbocycles. The number of hydrogen-bond donors (Lipinski definition) is 0. The Labute approximate surface area is 107 Å². The third-order valence-corrected chi connectivity index (χ3v) is 2.44. The average molecular weight is 340 g/mol. The van der Waals surface area contributed by atoms with Crippen LogP contribution in [-0.4, -0.2) is 29.3 Å². The molecule has 9 heteroatoms. The molecule has 1 aliphatic rings. The molecule has 0 aliphatic carbocycles. The smallest absolute Gasteiger partial charge is 0.434 e. The van der Waals surface area contributed by atoms with Crippen molar-refractivity contribution in [3.63, 3.8) is 0 Å². The number of nitrogens with zero attached hydrogens (tertiary/aromatic N) is 1. The molecule has 18 heavy (non-hydrogen) atoms. The summed E-state index contributed by atoms with van der Waals surface area (Å²) in [5.41, 5.74) is 0.574. The zero-order chi connectivity index (χ0) is 14.1. The van der Waals surface area contributed by atoms with Crippen molar-refractivity contribution in [2.45, 2.75) is 36.8 Å². The summed E-state index contributed by atoms with van der Waals surface area (Å²) in [4.78, 5) is 2.86. The van der Waals surface area contributed by atoms with Crippen molar-refractivity contribution in [3.05, 3.63) is 11.6 Å². The lowest BCUT2D eigenvalue weighted by Crippen LogP contribution is -2.45. The molecule has 0 fully saturated rings. The fourth-order valence-corrected chi connectivity index (χ4v) is 1.96. The molecule has 2 nitrogen and oxygen atoms in total. The van der Waals surface area contributed by atoms with Crippen LogP contribution in [0.2, 0.25) is 0 Å². The Morgan fingerprint density at radius 1 is 1.28 bits per heavy atom. The topological polar surface area (TPSA) is 21.6 Å². The highest BCUT2D eigenvalue weighted by atomic mass is 79.9. The number of aliphatic imine (C=N–C) groups is 1. The lowest BCUT2D eigenvalue weighted by molar-refractivity contribution is -0.304. The molecule has 104 valence electrons. The van der Waals surface area contributed by atoms with Gasteiger partial charge in [-0.2, -0.15) is 26.3 Å². The first-order valence-electron chi connectivity index (χ1n) is 4.68. The van der Waals surface area contributed by atoms with E-state index in [-0.39, 0.29) is 6.42 Å². The van der Waals surface area contributed by atoms with E-state index in [2.05, 4.69) is 25.7 Å². The predicted octanol–water partition coefficient (Wildman–Crippen LogP) is 3.97. The number of ether oxygens (including phenoxy) is 1. The Morgan fingerprint density at radius 2 is 1.78 bits per heavy atom. The molecule has 0 aromatic heterocycles. The van der Waals surface area contributed by atoms with Gasteiger partial charge in [-0.25, -0.2) is 4.99 Å². The molecule has 1 aliphatic heterocycles. The van der Waals surface area contributed by atoms with Gasteiger partial charge in [0.2, 0.25) is 0 Å². The van der Waals surface area contributed by atoms with E-state index in [1.807, 2.05) is 0 Å². The largest absolute Gasteiger partial charge is 0.458 e. The van der Waals surface area contributed by atoms with Crippen LogP contribution in [0.1, 0.15) is 13.3 Å². The second-order valence-corrected chi connectivity index (χ2v) is 4.60. The molecule has 1 rings (SSSR count). The van der Waals surface area contributed by atoms with Crippen molar-refractivity contribution in [1.29, 1.82) is 0 Å². The highest BCUT2D eigenvalue weighted by Crippen LogP contribution is 2.36. The molecule has 0 saturated heterocycles. The van der Waals surface area contributed by atoms with E-state index in [1.165, 1.54) is 0 Å². The fourth-order valence-electron chi connectivity index (χ4n) is 1.28. The molecule has 0 spiro atoms. The van der Waals surface area contributed by atoms with E-state index >= 15 is 0 Å². The summed E-state index contributed by atoms with van der Waals surface area (Å²) in [6.07, 6.45) is -13.5. The van der Waals surface area contributed by atoms with Gasteiger partial charge in [0.05, 0.1) is 0 Å². The molecule has 0 saturated carbocycles. The molecule has 0 N–H and O–H groups in total. The monoisotopic (exact) mass is 339 g/mol. The molecule has 1 heterocycles. The number of rotatable bonds is 1. The van der Waals surface area contributed by atoms with E-state index in [0.29, 0.717) is 5.57 Å². The molecular formula is C9H8BrF6NO. The summed E-state index contributed by atoms with van der Waals surface area (Å²) in [7, 11) is 0. The second kappa shape index (κ2) is 5.10. The molecule has 0 amide bonds. The number of halogens is 7. The highest BCUT2D eigenvalue weighted by molar-refractivity contribution is 9.09. The minimum Gasteiger partial charge on any atom is -0.458 e. The second-order valence-electron chi connectivity index (χ2n) is 3.67. The van der Waals surface area contributed by atoms with Gasteiger partial charge in [0.1, 0.15) is 4.95 Å². The summed E-state index contributed by atoms with van der Waals surface area (Å²) < 4.78 is 77.4. The third kappa shape index (κ3) is 4.18. The van der Waals surface area contributed by atoms with E-state index in [9.17, 15) is 26.3 Å². The zero-order valence-corrected chi connectivity index (χ0v) is 10.5. The molecule has 0 radical (unpaired) electrons. The summed E-state index contributed by atoms with van der Waals surface area (Å²) >= 11 is 2.95. The third-order valence-electron chi connectivity index (χ3n) is 1.97. The quantitative estimate of drug-likeness (QED) is 0.306. The Balaban J connectivity index is 2.87. The van der Waals surface area contributed by atoms with Gasteiger partial charge in [0, 0.05) is 6.42 Å². The van der Waals surface area contributed by atoms with E-state index in [0.717, 1.165) is 0 Å². The fraction of sp³-hybridized carbons (Fsp3) is 0.667. The van der Waals surface area contributed by atoms with Crippen LogP contribution < -0.4 is 0 Å². The zero-order valence-electron chi connectivity index (χ0n) is 8.94. The van der Waals surface area contributed by atoms with E-state index in [1.54, 1.807) is 13.0 Å². The van der Waals surface area contributed by atoms with Crippen molar-refractivity contribution in [1.82, 2.24) is 0 Å². The first-order valence-corrected chi connectivity index (χ1v) is 5.60. The van der Waals surface area contributed by atoms with Gasteiger partial charge in [-0.15, -0.1) is 0 Å². The standard InChI is InChI=1S/C9H8BrF6NO/c1-4-2-5(10)17-6(3-4)18-7(8(11,12)13)9(14,15)16/h2,5,7H,3H2,1H3. The van der Waals surface area contributed by atoms with Gasteiger partial charge in [-0.1, -0.05) is 21.5 Å². The van der Waals surface area contributed by atoms with Crippen LogP contribution in [0.5, 0.6) is 0 Å². The first-order chi connectivity index (χ1) is 8.00. The summed E-state index contributed by atoms with van der Waals surface area (Å²) in [6, 6.07) is 0. The van der Waals surface area contributed by atoms with Crippen molar-refractivity contribution in [2.24, 2.45) is 4.99 Å². The molecular weight excluding hydrogens is 332 g/mol. The van der Waals surface area contributed by atoms with Gasteiger partial charge in [-0.3, -0.25) is 0 Å². The van der Waals surface area contributed by atoms with Crippen LogP contribution in [0, 0.1) is 0 Å². The summed E-state index contributed by atoms with van der Waals surface area (Å²) in [5.74, 6) is -0.587. The van der Waals surface area contributed by atoms with Crippen LogP contribution in [0.15, 0.2) is 16.6 Å². The van der Waals surface area contributed by atoms with Gasteiger partial charge >= 0.3 is 12.4 Å². The number of alkyl halides is 7. The van der Waals surface area contributed by atoms with Gasteiger partial charge in [0.25, 0.3) is 6.10 Å². The molecule has 1 unspecified atom stereocenters. The molecule has 0 aromatic rings. The maximum atomic E-state index is 12.2. The SMILES string of the molecule is CC1=CC(Br)N=C(OC(C(F)(F)F)C(F)(F)F)C1. The minimum absolute atomic E-state index is 0.176. The minimum atomic E-state index is -5.53. The predicted molar refractivity (Wildman–Crippen MR) is 55.5 cm³/mol. The summed E-state index contributed by atoms with van der Waals surface area (Å²) in [5, 5.41) is 0. The van der Waals surface area contributed by atoms with Crippen LogP contribution in [0.3, 0.4) is 0 Å². The molecule has 0 bridgehead atoms. The van der Waals surface area contributed by atoms with Crippen molar-refractivity contribution < 1.29 is 31.1 Å². The lowest BCUT2D eigenvalue weighted by Gasteiger charge is -2.26. The Bertz CT molecular complexity index is 358. The maximum Gasteiger partial charge on any atom is 0.434 e. The van der Waals surface area contributed by atoms with Crippen molar-refractivity contribution in [3.8, 4) is 0 Å². The van der Waals surface area contributed by atoms with E-state index in [4.69, 9.17) is 0 Å². The van der Waals surface area contributed by atoms with Crippen molar-refractivity contribution >= 4 is 21.8 Å². The highest BCUT2D eigenvalue weighted by Gasteiger charge is 2.59. The van der Waals surface area contributed by atoms with Crippen LogP contribution in [0.4, 0.5) is 26.3 Å². The molecule has 1 atom stereocenters. The Hall–Kier alpha value is -0.730. The lowest BCUT2D eigenvalue weighted by atomic mass is 10.1. The summed E-state index contributed by atoms with van der Waals surface area (Å²) in [6.45, 7) is 1.56.